The molecule has 1 saturated heterocycles. The van der Waals surface area contributed by atoms with Crippen molar-refractivity contribution in [1.29, 1.82) is 0 Å². The average molecular weight is 271 g/mol. The molecule has 1 fully saturated rings. The van der Waals surface area contributed by atoms with Gasteiger partial charge in [0.15, 0.2) is 11.0 Å². The van der Waals surface area contributed by atoms with Gasteiger partial charge in [-0.25, -0.2) is 0 Å². The summed E-state index contributed by atoms with van der Waals surface area (Å²) < 4.78 is 5.16. The molecule has 0 spiro atoms. The number of amides is 1. The van der Waals surface area contributed by atoms with Crippen molar-refractivity contribution in [2.24, 2.45) is 0 Å². The number of carbonyl (C=O) groups excluding carboxylic acids is 1. The second-order valence-electron chi connectivity index (χ2n) is 4.69. The molecule has 2 heterocycles. The van der Waals surface area contributed by atoms with Gasteiger partial charge in [-0.15, -0.1) is 0 Å². The molecule has 0 N–H and O–H groups in total. The van der Waals surface area contributed by atoms with Crippen molar-refractivity contribution < 1.29 is 9.21 Å². The molecule has 2 rings (SSSR count). The minimum Gasteiger partial charge on any atom is -0.440 e. The van der Waals surface area contributed by atoms with Crippen LogP contribution in [0.25, 0.3) is 0 Å². The Labute approximate surface area is 112 Å². The molecule has 0 bridgehead atoms. The quantitative estimate of drug-likeness (QED) is 0.847. The van der Waals surface area contributed by atoms with Crippen LogP contribution in [-0.4, -0.2) is 48.4 Å². The lowest BCUT2D eigenvalue weighted by Gasteiger charge is -2.35. The third-order valence-corrected chi connectivity index (χ3v) is 3.86. The molecule has 1 aromatic heterocycles. The number of carbonyl (C=O) groups is 1. The second kappa shape index (κ2) is 5.76. The molecular weight excluding hydrogens is 252 g/mol. The van der Waals surface area contributed by atoms with E-state index in [1.54, 1.807) is 17.0 Å². The molecule has 0 radical (unpaired) electrons. The zero-order valence-corrected chi connectivity index (χ0v) is 11.6. The predicted molar refractivity (Wildman–Crippen MR) is 70.9 cm³/mol. The maximum Gasteiger partial charge on any atom is 0.289 e. The van der Waals surface area contributed by atoms with Crippen LogP contribution in [0.2, 0.25) is 5.22 Å². The fourth-order valence-corrected chi connectivity index (χ4v) is 2.54. The molecule has 100 valence electrons. The fraction of sp³-hybridized carbons (Fsp3) is 0.615. The van der Waals surface area contributed by atoms with Crippen LogP contribution in [0.15, 0.2) is 16.5 Å². The van der Waals surface area contributed by atoms with Gasteiger partial charge >= 0.3 is 0 Å². The van der Waals surface area contributed by atoms with E-state index < -0.39 is 0 Å². The van der Waals surface area contributed by atoms with Crippen LogP contribution >= 0.6 is 11.6 Å². The second-order valence-corrected chi connectivity index (χ2v) is 5.06. The Morgan fingerprint density at radius 3 is 2.67 bits per heavy atom. The molecule has 0 saturated carbocycles. The van der Waals surface area contributed by atoms with Crippen molar-refractivity contribution in [3.05, 3.63) is 23.1 Å². The van der Waals surface area contributed by atoms with Crippen LogP contribution in [0.3, 0.4) is 0 Å². The maximum absolute atomic E-state index is 12.2. The van der Waals surface area contributed by atoms with E-state index in [9.17, 15) is 4.79 Å². The van der Waals surface area contributed by atoms with Crippen molar-refractivity contribution in [1.82, 2.24) is 9.80 Å². The van der Waals surface area contributed by atoms with E-state index >= 15 is 0 Å². The summed E-state index contributed by atoms with van der Waals surface area (Å²) in [5.41, 5.74) is 0. The van der Waals surface area contributed by atoms with E-state index in [0.717, 1.165) is 32.5 Å². The number of nitrogens with zero attached hydrogens (tertiary/aromatic N) is 2. The highest BCUT2D eigenvalue weighted by atomic mass is 35.5. The third kappa shape index (κ3) is 2.87. The van der Waals surface area contributed by atoms with Crippen LogP contribution in [0, 0.1) is 0 Å². The molecule has 0 atom stereocenters. The van der Waals surface area contributed by atoms with Gasteiger partial charge in [0.2, 0.25) is 0 Å². The molecule has 0 unspecified atom stereocenters. The Bertz CT molecular complexity index is 411. The molecule has 1 aliphatic heterocycles. The molecule has 1 amide bonds. The molecule has 5 heteroatoms. The first-order valence-electron chi connectivity index (χ1n) is 6.36. The Kier molecular flexibility index (Phi) is 4.30. The van der Waals surface area contributed by atoms with Gasteiger partial charge in [-0.1, -0.05) is 6.92 Å². The standard InChI is InChI=1S/C13H19ClN2O2/c1-3-16-8-6-10(7-9-16)15(2)13(17)11-4-5-12(14)18-11/h4-5,10H,3,6-9H2,1-2H3. The summed E-state index contributed by atoms with van der Waals surface area (Å²) in [7, 11) is 1.84. The number of hydrogen-bond acceptors (Lipinski definition) is 3. The van der Waals surface area contributed by atoms with Gasteiger partial charge in [-0.2, -0.15) is 0 Å². The Hall–Kier alpha value is -1.00. The van der Waals surface area contributed by atoms with Crippen LogP contribution < -0.4 is 0 Å². The first-order valence-corrected chi connectivity index (χ1v) is 6.74. The van der Waals surface area contributed by atoms with Crippen LogP contribution in [0.1, 0.15) is 30.3 Å². The zero-order valence-electron chi connectivity index (χ0n) is 10.9. The van der Waals surface area contributed by atoms with Crippen LogP contribution in [-0.2, 0) is 0 Å². The van der Waals surface area contributed by atoms with Crippen LogP contribution in [0.5, 0.6) is 0 Å². The summed E-state index contributed by atoms with van der Waals surface area (Å²) in [6, 6.07) is 3.52. The summed E-state index contributed by atoms with van der Waals surface area (Å²) in [5.74, 6) is 0.234. The molecule has 1 aliphatic rings. The van der Waals surface area contributed by atoms with Crippen LogP contribution in [0.4, 0.5) is 0 Å². The largest absolute Gasteiger partial charge is 0.440 e. The number of furan rings is 1. The van der Waals surface area contributed by atoms with E-state index in [0.29, 0.717) is 11.8 Å². The third-order valence-electron chi connectivity index (χ3n) is 3.66. The minimum absolute atomic E-state index is 0.0863. The highest BCUT2D eigenvalue weighted by Crippen LogP contribution is 2.19. The smallest absolute Gasteiger partial charge is 0.289 e. The lowest BCUT2D eigenvalue weighted by Crippen LogP contribution is -2.45. The van der Waals surface area contributed by atoms with E-state index in [2.05, 4.69) is 11.8 Å². The number of rotatable bonds is 3. The summed E-state index contributed by atoms with van der Waals surface area (Å²) in [6.07, 6.45) is 2.04. The first kappa shape index (κ1) is 13.4. The number of likely N-dealkylation sites (tertiary alicyclic amines) is 1. The molecule has 18 heavy (non-hydrogen) atoms. The summed E-state index contributed by atoms with van der Waals surface area (Å²) in [4.78, 5) is 16.3. The average Bonchev–Trinajstić information content (AvgIpc) is 2.84. The van der Waals surface area contributed by atoms with Crippen molar-refractivity contribution in [3.8, 4) is 0 Å². The van der Waals surface area contributed by atoms with Gasteiger partial charge in [-0.3, -0.25) is 4.79 Å². The number of piperidine rings is 1. The van der Waals surface area contributed by atoms with Crippen molar-refractivity contribution in [3.63, 3.8) is 0 Å². The number of hydrogen-bond donors (Lipinski definition) is 0. The van der Waals surface area contributed by atoms with E-state index in [1.807, 2.05) is 7.05 Å². The molecule has 0 aromatic carbocycles. The minimum atomic E-state index is -0.0863. The number of halogens is 1. The normalized spacial score (nSPS) is 17.9. The summed E-state index contributed by atoms with van der Waals surface area (Å²) in [6.45, 7) is 5.35. The van der Waals surface area contributed by atoms with Gasteiger partial charge in [0.05, 0.1) is 0 Å². The van der Waals surface area contributed by atoms with Gasteiger partial charge in [0.25, 0.3) is 5.91 Å². The maximum atomic E-state index is 12.2. The summed E-state index contributed by atoms with van der Waals surface area (Å²) in [5, 5.41) is 0.257. The van der Waals surface area contributed by atoms with Gasteiger partial charge in [-0.05, 0) is 43.1 Å². The SMILES string of the molecule is CCN1CCC(N(C)C(=O)c2ccc(Cl)o2)CC1. The van der Waals surface area contributed by atoms with Gasteiger partial charge in [0, 0.05) is 26.2 Å². The Morgan fingerprint density at radius 2 is 2.17 bits per heavy atom. The molecule has 1 aromatic rings. The Morgan fingerprint density at radius 1 is 1.50 bits per heavy atom. The fourth-order valence-electron chi connectivity index (χ4n) is 2.39. The molecular formula is C13H19ClN2O2. The zero-order chi connectivity index (χ0) is 13.1. The van der Waals surface area contributed by atoms with E-state index in [1.165, 1.54) is 0 Å². The summed E-state index contributed by atoms with van der Waals surface area (Å²) >= 11 is 5.69. The predicted octanol–water partition coefficient (Wildman–Crippen LogP) is 2.49. The first-order chi connectivity index (χ1) is 8.61. The monoisotopic (exact) mass is 270 g/mol. The van der Waals surface area contributed by atoms with Gasteiger partial charge in [0.1, 0.15) is 0 Å². The van der Waals surface area contributed by atoms with Crippen molar-refractivity contribution >= 4 is 17.5 Å². The highest BCUT2D eigenvalue weighted by molar-refractivity contribution is 6.29. The van der Waals surface area contributed by atoms with E-state index in [4.69, 9.17) is 16.0 Å². The highest BCUT2D eigenvalue weighted by Gasteiger charge is 2.26. The van der Waals surface area contributed by atoms with E-state index in [-0.39, 0.29) is 11.1 Å². The molecule has 0 aliphatic carbocycles. The lowest BCUT2D eigenvalue weighted by molar-refractivity contribution is 0.0616. The molecule has 4 nitrogen and oxygen atoms in total. The van der Waals surface area contributed by atoms with Crippen molar-refractivity contribution in [2.75, 3.05) is 26.7 Å². The topological polar surface area (TPSA) is 36.7 Å². The van der Waals surface area contributed by atoms with Gasteiger partial charge < -0.3 is 14.2 Å². The van der Waals surface area contributed by atoms with Crippen molar-refractivity contribution in [2.45, 2.75) is 25.8 Å². The lowest BCUT2D eigenvalue weighted by atomic mass is 10.0. The Balaban J connectivity index is 1.95.